The standard InChI is InChI=1S/C15H29N3O/c1-12-6-4-7-15(16,10-12)14(19)18-9-5-8-17(3)11-13(18)2/h12-13H,4-11,16H2,1-3H3. The largest absolute Gasteiger partial charge is 0.337 e. The van der Waals surface area contributed by atoms with Crippen LogP contribution in [0.3, 0.4) is 0 Å². The molecule has 2 fully saturated rings. The number of hydrogen-bond donors (Lipinski definition) is 1. The van der Waals surface area contributed by atoms with E-state index in [2.05, 4.69) is 25.8 Å². The first-order valence-electron chi connectivity index (χ1n) is 7.71. The molecule has 1 saturated carbocycles. The Bertz CT molecular complexity index is 333. The maximum Gasteiger partial charge on any atom is 0.242 e. The molecule has 4 heteroatoms. The third-order valence-corrected chi connectivity index (χ3v) is 4.77. The summed E-state index contributed by atoms with van der Waals surface area (Å²) in [6.07, 6.45) is 5.06. The van der Waals surface area contributed by atoms with Gasteiger partial charge in [0.25, 0.3) is 0 Å². The monoisotopic (exact) mass is 267 g/mol. The molecule has 1 saturated heterocycles. The zero-order valence-electron chi connectivity index (χ0n) is 12.7. The van der Waals surface area contributed by atoms with Crippen molar-refractivity contribution < 1.29 is 4.79 Å². The van der Waals surface area contributed by atoms with Crippen LogP contribution in [-0.4, -0.2) is 54.0 Å². The predicted octanol–water partition coefficient (Wildman–Crippen LogP) is 1.45. The summed E-state index contributed by atoms with van der Waals surface area (Å²) in [6.45, 7) is 7.25. The van der Waals surface area contributed by atoms with E-state index in [9.17, 15) is 4.79 Å². The van der Waals surface area contributed by atoms with E-state index in [-0.39, 0.29) is 11.9 Å². The topological polar surface area (TPSA) is 49.6 Å². The molecule has 2 aliphatic rings. The zero-order chi connectivity index (χ0) is 14.0. The Hall–Kier alpha value is -0.610. The Balaban J connectivity index is 2.09. The van der Waals surface area contributed by atoms with Crippen molar-refractivity contribution in [2.24, 2.45) is 11.7 Å². The first-order chi connectivity index (χ1) is 8.92. The molecule has 2 N–H and O–H groups in total. The molecule has 1 amide bonds. The first-order valence-corrected chi connectivity index (χ1v) is 7.71. The lowest BCUT2D eigenvalue weighted by Gasteiger charge is -2.41. The van der Waals surface area contributed by atoms with Crippen molar-refractivity contribution >= 4 is 5.91 Å². The summed E-state index contributed by atoms with van der Waals surface area (Å²) in [5.74, 6) is 0.773. The van der Waals surface area contributed by atoms with Crippen LogP contribution in [-0.2, 0) is 4.79 Å². The molecule has 110 valence electrons. The summed E-state index contributed by atoms with van der Waals surface area (Å²) in [7, 11) is 2.13. The van der Waals surface area contributed by atoms with E-state index in [1.807, 2.05) is 4.90 Å². The maximum atomic E-state index is 12.9. The van der Waals surface area contributed by atoms with Crippen molar-refractivity contribution in [1.29, 1.82) is 0 Å². The zero-order valence-corrected chi connectivity index (χ0v) is 12.7. The van der Waals surface area contributed by atoms with Gasteiger partial charge in [-0.3, -0.25) is 4.79 Å². The molecule has 0 aromatic carbocycles. The average molecular weight is 267 g/mol. The first kappa shape index (κ1) is 14.8. The van der Waals surface area contributed by atoms with E-state index < -0.39 is 5.54 Å². The van der Waals surface area contributed by atoms with Crippen LogP contribution in [0.4, 0.5) is 0 Å². The van der Waals surface area contributed by atoms with E-state index in [1.54, 1.807) is 0 Å². The number of nitrogens with two attached hydrogens (primary N) is 1. The molecular formula is C15H29N3O. The van der Waals surface area contributed by atoms with Gasteiger partial charge in [0.15, 0.2) is 0 Å². The number of carbonyl (C=O) groups is 1. The SMILES string of the molecule is CC1CCCC(N)(C(=O)N2CCCN(C)CC2C)C1. The number of nitrogens with zero attached hydrogens (tertiary/aromatic N) is 2. The van der Waals surface area contributed by atoms with Crippen molar-refractivity contribution in [2.75, 3.05) is 26.7 Å². The molecule has 0 aromatic rings. The van der Waals surface area contributed by atoms with Gasteiger partial charge in [0, 0.05) is 19.1 Å². The van der Waals surface area contributed by atoms with Crippen LogP contribution in [0, 0.1) is 5.92 Å². The van der Waals surface area contributed by atoms with Crippen molar-refractivity contribution in [3.8, 4) is 0 Å². The van der Waals surface area contributed by atoms with Gasteiger partial charge in [-0.05, 0) is 45.7 Å². The van der Waals surface area contributed by atoms with Crippen LogP contribution in [0.5, 0.6) is 0 Å². The summed E-state index contributed by atoms with van der Waals surface area (Å²) >= 11 is 0. The van der Waals surface area contributed by atoms with Crippen LogP contribution >= 0.6 is 0 Å². The molecule has 2 rings (SSSR count). The molecule has 1 aliphatic heterocycles. The molecule has 1 aliphatic carbocycles. The van der Waals surface area contributed by atoms with Gasteiger partial charge >= 0.3 is 0 Å². The summed E-state index contributed by atoms with van der Waals surface area (Å²) in [4.78, 5) is 17.2. The lowest BCUT2D eigenvalue weighted by Crippen LogP contribution is -2.59. The highest BCUT2D eigenvalue weighted by molar-refractivity contribution is 5.86. The molecule has 3 atom stereocenters. The van der Waals surface area contributed by atoms with Crippen LogP contribution in [0.25, 0.3) is 0 Å². The van der Waals surface area contributed by atoms with Gasteiger partial charge in [-0.25, -0.2) is 0 Å². The molecule has 4 nitrogen and oxygen atoms in total. The Morgan fingerprint density at radius 1 is 1.26 bits per heavy atom. The molecule has 0 spiro atoms. The summed E-state index contributed by atoms with van der Waals surface area (Å²) in [5, 5.41) is 0. The lowest BCUT2D eigenvalue weighted by molar-refractivity contribution is -0.140. The molecule has 1 heterocycles. The fourth-order valence-corrected chi connectivity index (χ4v) is 3.75. The minimum absolute atomic E-state index is 0.196. The summed E-state index contributed by atoms with van der Waals surface area (Å²) in [6, 6.07) is 0.276. The molecule has 0 bridgehead atoms. The van der Waals surface area contributed by atoms with Crippen molar-refractivity contribution in [3.05, 3.63) is 0 Å². The Labute approximate surface area is 117 Å². The van der Waals surface area contributed by atoms with Crippen LogP contribution < -0.4 is 5.73 Å². The van der Waals surface area contributed by atoms with Gasteiger partial charge < -0.3 is 15.5 Å². The van der Waals surface area contributed by atoms with Crippen LogP contribution in [0.1, 0.15) is 46.0 Å². The van der Waals surface area contributed by atoms with E-state index in [4.69, 9.17) is 5.73 Å². The fraction of sp³-hybridized carbons (Fsp3) is 0.933. The predicted molar refractivity (Wildman–Crippen MR) is 77.8 cm³/mol. The lowest BCUT2D eigenvalue weighted by atomic mass is 9.76. The van der Waals surface area contributed by atoms with Crippen molar-refractivity contribution in [1.82, 2.24) is 9.80 Å². The van der Waals surface area contributed by atoms with E-state index in [0.717, 1.165) is 45.3 Å². The van der Waals surface area contributed by atoms with Gasteiger partial charge in [0.05, 0.1) is 5.54 Å². The highest BCUT2D eigenvalue weighted by atomic mass is 16.2. The second-order valence-electron chi connectivity index (χ2n) is 6.82. The van der Waals surface area contributed by atoms with E-state index >= 15 is 0 Å². The highest BCUT2D eigenvalue weighted by Crippen LogP contribution is 2.32. The molecule has 0 radical (unpaired) electrons. The number of carbonyl (C=O) groups excluding carboxylic acids is 1. The van der Waals surface area contributed by atoms with E-state index in [0.29, 0.717) is 5.92 Å². The van der Waals surface area contributed by atoms with Gasteiger partial charge in [0.2, 0.25) is 5.91 Å². The second-order valence-corrected chi connectivity index (χ2v) is 6.82. The third kappa shape index (κ3) is 3.29. The fourth-order valence-electron chi connectivity index (χ4n) is 3.75. The van der Waals surface area contributed by atoms with Crippen molar-refractivity contribution in [3.63, 3.8) is 0 Å². The van der Waals surface area contributed by atoms with Gasteiger partial charge in [0.1, 0.15) is 0 Å². The normalized spacial score (nSPS) is 38.0. The van der Waals surface area contributed by atoms with Crippen LogP contribution in [0.2, 0.25) is 0 Å². The number of rotatable bonds is 1. The summed E-state index contributed by atoms with van der Waals surface area (Å²) < 4.78 is 0. The van der Waals surface area contributed by atoms with Gasteiger partial charge in [-0.2, -0.15) is 0 Å². The molecule has 19 heavy (non-hydrogen) atoms. The minimum atomic E-state index is -0.602. The average Bonchev–Trinajstić information content (AvgIpc) is 2.48. The Morgan fingerprint density at radius 2 is 2.00 bits per heavy atom. The third-order valence-electron chi connectivity index (χ3n) is 4.77. The maximum absolute atomic E-state index is 12.9. The smallest absolute Gasteiger partial charge is 0.242 e. The van der Waals surface area contributed by atoms with Crippen LogP contribution in [0.15, 0.2) is 0 Å². The number of amides is 1. The van der Waals surface area contributed by atoms with Crippen molar-refractivity contribution in [2.45, 2.75) is 57.5 Å². The Morgan fingerprint density at radius 3 is 2.68 bits per heavy atom. The number of likely N-dealkylation sites (N-methyl/N-ethyl adjacent to an activating group) is 1. The molecule has 3 unspecified atom stereocenters. The summed E-state index contributed by atoms with van der Waals surface area (Å²) in [5.41, 5.74) is 5.86. The number of hydrogen-bond acceptors (Lipinski definition) is 3. The minimum Gasteiger partial charge on any atom is -0.337 e. The quantitative estimate of drug-likeness (QED) is 0.782. The Kier molecular flexibility index (Phi) is 4.51. The van der Waals surface area contributed by atoms with Gasteiger partial charge in [-0.15, -0.1) is 0 Å². The second kappa shape index (κ2) is 5.80. The molecule has 0 aromatic heterocycles. The van der Waals surface area contributed by atoms with E-state index in [1.165, 1.54) is 6.42 Å². The highest BCUT2D eigenvalue weighted by Gasteiger charge is 2.42. The molecular weight excluding hydrogens is 238 g/mol. The van der Waals surface area contributed by atoms with Gasteiger partial charge in [-0.1, -0.05) is 19.8 Å².